The van der Waals surface area contributed by atoms with Crippen LogP contribution < -0.4 is 0 Å². The second-order valence-corrected chi connectivity index (χ2v) is 4.03. The molecule has 0 aliphatic heterocycles. The third-order valence-electron chi connectivity index (χ3n) is 2.86. The highest BCUT2D eigenvalue weighted by atomic mass is 16.2. The summed E-state index contributed by atoms with van der Waals surface area (Å²) in [6.45, 7) is 6.28. The highest BCUT2D eigenvalue weighted by molar-refractivity contribution is 5.79. The molecule has 0 spiro atoms. The highest BCUT2D eigenvalue weighted by Gasteiger charge is 2.15. The van der Waals surface area contributed by atoms with Crippen LogP contribution >= 0.6 is 0 Å². The van der Waals surface area contributed by atoms with Crippen molar-refractivity contribution in [1.29, 1.82) is 5.26 Å². The summed E-state index contributed by atoms with van der Waals surface area (Å²) in [7, 11) is 0. The fourth-order valence-electron chi connectivity index (χ4n) is 1.67. The van der Waals surface area contributed by atoms with E-state index in [2.05, 4.69) is 0 Å². The molecule has 0 saturated heterocycles. The lowest BCUT2D eigenvalue weighted by atomic mass is 10.2. The van der Waals surface area contributed by atoms with Gasteiger partial charge in [0, 0.05) is 0 Å². The molecule has 0 unspecified atom stereocenters. The van der Waals surface area contributed by atoms with Crippen molar-refractivity contribution in [2.45, 2.75) is 20.4 Å². The third-order valence-corrected chi connectivity index (χ3v) is 2.86. The molecule has 1 rings (SSSR count). The number of benzene rings is 1. The summed E-state index contributed by atoms with van der Waals surface area (Å²) in [6, 6.07) is 9.54. The molecule has 0 saturated carbocycles. The molecule has 0 radical (unpaired) electrons. The van der Waals surface area contributed by atoms with Gasteiger partial charge in [-0.3, -0.25) is 9.69 Å². The summed E-state index contributed by atoms with van der Waals surface area (Å²) < 4.78 is 0. The number of hydrogen-bond acceptors (Lipinski definition) is 3. The summed E-state index contributed by atoms with van der Waals surface area (Å²) in [6.07, 6.45) is 1.96. The first-order valence-corrected chi connectivity index (χ1v) is 6.17. The van der Waals surface area contributed by atoms with Gasteiger partial charge in [-0.15, -0.1) is 0 Å². The number of likely N-dealkylation sites (N-methyl/N-ethyl adjacent to an activating group) is 1. The van der Waals surface area contributed by atoms with Crippen molar-refractivity contribution in [1.82, 2.24) is 9.80 Å². The highest BCUT2D eigenvalue weighted by Crippen LogP contribution is 2.04. The first-order chi connectivity index (χ1) is 8.71. The standard InChI is InChI=1S/C14H19N3O/c1-3-16(4-2)11-14(18)17(12-15)10-13-8-6-5-7-9-13/h5-9H,3-4,10-11H2,1-2H3. The fraction of sp³-hybridized carbons (Fsp3) is 0.429. The summed E-state index contributed by atoms with van der Waals surface area (Å²) >= 11 is 0. The summed E-state index contributed by atoms with van der Waals surface area (Å²) in [4.78, 5) is 15.2. The van der Waals surface area contributed by atoms with Gasteiger partial charge in [-0.2, -0.15) is 5.26 Å². The molecular weight excluding hydrogens is 226 g/mol. The molecule has 4 nitrogen and oxygen atoms in total. The summed E-state index contributed by atoms with van der Waals surface area (Å²) in [5.74, 6) is -0.148. The van der Waals surface area contributed by atoms with Gasteiger partial charge in [0.25, 0.3) is 0 Å². The Kier molecular flexibility index (Phi) is 5.89. The lowest BCUT2D eigenvalue weighted by Gasteiger charge is -2.20. The summed E-state index contributed by atoms with van der Waals surface area (Å²) in [5, 5.41) is 9.05. The molecule has 96 valence electrons. The van der Waals surface area contributed by atoms with Crippen LogP contribution in [0, 0.1) is 11.5 Å². The average molecular weight is 245 g/mol. The molecule has 18 heavy (non-hydrogen) atoms. The minimum absolute atomic E-state index is 0.148. The predicted octanol–water partition coefficient (Wildman–Crippen LogP) is 1.84. The minimum Gasteiger partial charge on any atom is -0.295 e. The number of carbonyl (C=O) groups excluding carboxylic acids is 1. The molecule has 0 aliphatic carbocycles. The van der Waals surface area contributed by atoms with Crippen LogP contribution in [0.5, 0.6) is 0 Å². The normalized spacial score (nSPS) is 10.1. The Labute approximate surface area is 108 Å². The van der Waals surface area contributed by atoms with Gasteiger partial charge >= 0.3 is 0 Å². The maximum Gasteiger partial charge on any atom is 0.250 e. The number of carbonyl (C=O) groups is 1. The van der Waals surface area contributed by atoms with E-state index in [0.717, 1.165) is 18.7 Å². The number of hydrogen-bond donors (Lipinski definition) is 0. The SMILES string of the molecule is CCN(CC)CC(=O)N(C#N)Cc1ccccc1. The Bertz CT molecular complexity index is 407. The number of nitriles is 1. The van der Waals surface area contributed by atoms with E-state index in [1.807, 2.05) is 55.3 Å². The van der Waals surface area contributed by atoms with Gasteiger partial charge < -0.3 is 0 Å². The molecule has 0 aliphatic rings. The van der Waals surface area contributed by atoms with E-state index in [4.69, 9.17) is 5.26 Å². The van der Waals surface area contributed by atoms with Crippen molar-refractivity contribution in [2.75, 3.05) is 19.6 Å². The smallest absolute Gasteiger partial charge is 0.250 e. The van der Waals surface area contributed by atoms with Crippen LogP contribution in [0.15, 0.2) is 30.3 Å². The lowest BCUT2D eigenvalue weighted by molar-refractivity contribution is -0.129. The van der Waals surface area contributed by atoms with E-state index >= 15 is 0 Å². The minimum atomic E-state index is -0.148. The number of nitrogens with zero attached hydrogens (tertiary/aromatic N) is 3. The van der Waals surface area contributed by atoms with Crippen molar-refractivity contribution in [3.8, 4) is 6.19 Å². The molecule has 0 fully saturated rings. The zero-order valence-electron chi connectivity index (χ0n) is 11.0. The number of rotatable bonds is 6. The van der Waals surface area contributed by atoms with Crippen molar-refractivity contribution in [3.05, 3.63) is 35.9 Å². The third kappa shape index (κ3) is 4.19. The van der Waals surface area contributed by atoms with Gasteiger partial charge in [0.2, 0.25) is 5.91 Å². The molecule has 1 aromatic rings. The molecule has 1 amide bonds. The maximum atomic E-state index is 12.0. The van der Waals surface area contributed by atoms with Crippen LogP contribution in [0.1, 0.15) is 19.4 Å². The van der Waals surface area contributed by atoms with E-state index in [0.29, 0.717) is 13.1 Å². The molecule has 0 heterocycles. The van der Waals surface area contributed by atoms with Crippen LogP contribution in [-0.2, 0) is 11.3 Å². The molecule has 0 aromatic heterocycles. The van der Waals surface area contributed by atoms with Gasteiger partial charge in [-0.05, 0) is 18.7 Å². The fourth-order valence-corrected chi connectivity index (χ4v) is 1.67. The Morgan fingerprint density at radius 3 is 2.33 bits per heavy atom. The van der Waals surface area contributed by atoms with E-state index in [1.165, 1.54) is 4.90 Å². The van der Waals surface area contributed by atoms with Gasteiger partial charge in [0.05, 0.1) is 13.1 Å². The second-order valence-electron chi connectivity index (χ2n) is 4.03. The summed E-state index contributed by atoms with van der Waals surface area (Å²) in [5.41, 5.74) is 0.965. The van der Waals surface area contributed by atoms with Crippen LogP contribution in [-0.4, -0.2) is 35.3 Å². The first-order valence-electron chi connectivity index (χ1n) is 6.17. The van der Waals surface area contributed by atoms with Crippen molar-refractivity contribution in [3.63, 3.8) is 0 Å². The van der Waals surface area contributed by atoms with Crippen LogP contribution in [0.25, 0.3) is 0 Å². The van der Waals surface area contributed by atoms with Crippen molar-refractivity contribution in [2.24, 2.45) is 0 Å². The molecular formula is C14H19N3O. The van der Waals surface area contributed by atoms with Crippen molar-refractivity contribution >= 4 is 5.91 Å². The van der Waals surface area contributed by atoms with Crippen LogP contribution in [0.4, 0.5) is 0 Å². The molecule has 4 heteroatoms. The van der Waals surface area contributed by atoms with Gasteiger partial charge in [0.1, 0.15) is 0 Å². The van der Waals surface area contributed by atoms with E-state index in [1.54, 1.807) is 0 Å². The molecule has 0 atom stereocenters. The van der Waals surface area contributed by atoms with Crippen LogP contribution in [0.3, 0.4) is 0 Å². The van der Waals surface area contributed by atoms with E-state index in [9.17, 15) is 4.79 Å². The molecule has 0 bridgehead atoms. The van der Waals surface area contributed by atoms with E-state index in [-0.39, 0.29) is 5.91 Å². The predicted molar refractivity (Wildman–Crippen MR) is 70.4 cm³/mol. The average Bonchev–Trinajstić information content (AvgIpc) is 2.43. The quantitative estimate of drug-likeness (QED) is 0.567. The maximum absolute atomic E-state index is 12.0. The zero-order valence-corrected chi connectivity index (χ0v) is 11.0. The topological polar surface area (TPSA) is 47.3 Å². The van der Waals surface area contributed by atoms with Gasteiger partial charge in [-0.25, -0.2) is 4.90 Å². The Morgan fingerprint density at radius 1 is 1.22 bits per heavy atom. The molecule has 1 aromatic carbocycles. The molecule has 0 N–H and O–H groups in total. The Balaban J connectivity index is 2.61. The largest absolute Gasteiger partial charge is 0.295 e. The lowest BCUT2D eigenvalue weighted by Crippen LogP contribution is -2.37. The Hall–Kier alpha value is -1.86. The Morgan fingerprint density at radius 2 is 1.83 bits per heavy atom. The van der Waals surface area contributed by atoms with Crippen molar-refractivity contribution < 1.29 is 4.79 Å². The van der Waals surface area contributed by atoms with Crippen LogP contribution in [0.2, 0.25) is 0 Å². The second kappa shape index (κ2) is 7.46. The van der Waals surface area contributed by atoms with Gasteiger partial charge in [-0.1, -0.05) is 44.2 Å². The monoisotopic (exact) mass is 245 g/mol. The first kappa shape index (κ1) is 14.2. The van der Waals surface area contributed by atoms with Gasteiger partial charge in [0.15, 0.2) is 6.19 Å². The number of amides is 1. The zero-order chi connectivity index (χ0) is 13.4. The van der Waals surface area contributed by atoms with E-state index < -0.39 is 0 Å².